The van der Waals surface area contributed by atoms with Crippen molar-refractivity contribution in [1.82, 2.24) is 25.2 Å². The topological polar surface area (TPSA) is 106 Å². The number of nitrogens with zero attached hydrogens (tertiary/aromatic N) is 4. The van der Waals surface area contributed by atoms with E-state index in [9.17, 15) is 9.59 Å². The van der Waals surface area contributed by atoms with Crippen LogP contribution in [0.1, 0.15) is 40.5 Å². The second kappa shape index (κ2) is 9.83. The fraction of sp³-hybridized carbons (Fsp3) is 0.310. The number of carbonyl (C=O) groups is 2. The average Bonchev–Trinajstić information content (AvgIpc) is 3.72. The van der Waals surface area contributed by atoms with Gasteiger partial charge in [0.25, 0.3) is 11.8 Å². The molecule has 2 saturated heterocycles. The standard InChI is InChI=1S/C29H28FN7O2S/c30-23-12-19(18-1-3-20(4-2-18)36-15-29(16-36)5-7-31-8-6-29)11-21-22(23)14-37(27(21)39)25(24-13-32-17-34-24)26(38)35-28-33-9-10-40-28/h1-4,9-13,17,25,31H,5-8,14-16H2,(H,32,34)(H,33,35,38). The van der Waals surface area contributed by atoms with Crippen molar-refractivity contribution in [3.05, 3.63) is 83.1 Å². The molecular weight excluding hydrogens is 529 g/mol. The van der Waals surface area contributed by atoms with Gasteiger partial charge in [-0.25, -0.2) is 14.4 Å². The maximum absolute atomic E-state index is 15.4. The number of rotatable bonds is 6. The van der Waals surface area contributed by atoms with Gasteiger partial charge in [-0.05, 0) is 61.3 Å². The monoisotopic (exact) mass is 557 g/mol. The molecule has 0 radical (unpaired) electrons. The fourth-order valence-corrected chi connectivity index (χ4v) is 6.70. The van der Waals surface area contributed by atoms with Gasteiger partial charge < -0.3 is 20.1 Å². The minimum atomic E-state index is -1.02. The Morgan fingerprint density at radius 3 is 2.62 bits per heavy atom. The van der Waals surface area contributed by atoms with Crippen molar-refractivity contribution in [2.45, 2.75) is 25.4 Å². The zero-order valence-corrected chi connectivity index (χ0v) is 22.5. The van der Waals surface area contributed by atoms with Crippen molar-refractivity contribution in [2.24, 2.45) is 5.41 Å². The van der Waals surface area contributed by atoms with Gasteiger partial charge in [-0.15, -0.1) is 11.3 Å². The summed E-state index contributed by atoms with van der Waals surface area (Å²) in [5.74, 6) is -1.32. The van der Waals surface area contributed by atoms with Crippen LogP contribution >= 0.6 is 11.3 Å². The number of fused-ring (bicyclic) bond motifs is 1. The summed E-state index contributed by atoms with van der Waals surface area (Å²) >= 11 is 1.27. The number of thiazole rings is 1. The Kier molecular flexibility index (Phi) is 6.12. The summed E-state index contributed by atoms with van der Waals surface area (Å²) in [5.41, 5.74) is 4.03. The third-order valence-electron chi connectivity index (χ3n) is 8.33. The molecule has 3 aliphatic rings. The molecule has 2 fully saturated rings. The highest BCUT2D eigenvalue weighted by Gasteiger charge is 2.43. The number of benzene rings is 2. The first kappa shape index (κ1) is 24.9. The molecule has 1 spiro atoms. The number of aromatic nitrogens is 3. The van der Waals surface area contributed by atoms with Crippen molar-refractivity contribution in [1.29, 1.82) is 0 Å². The van der Waals surface area contributed by atoms with Crippen LogP contribution in [0.5, 0.6) is 0 Å². The first-order chi connectivity index (χ1) is 19.5. The molecule has 2 aromatic carbocycles. The van der Waals surface area contributed by atoms with Gasteiger partial charge in [-0.3, -0.25) is 14.9 Å². The van der Waals surface area contributed by atoms with Crippen LogP contribution in [0.3, 0.4) is 0 Å². The number of halogens is 1. The van der Waals surface area contributed by atoms with Crippen LogP contribution in [0.2, 0.25) is 0 Å². The number of amides is 2. The molecular formula is C29H28FN7O2S. The maximum Gasteiger partial charge on any atom is 0.255 e. The second-order valence-corrected chi connectivity index (χ2v) is 11.7. The van der Waals surface area contributed by atoms with E-state index in [1.807, 2.05) is 12.1 Å². The molecule has 40 heavy (non-hydrogen) atoms. The zero-order valence-electron chi connectivity index (χ0n) is 21.7. The van der Waals surface area contributed by atoms with Gasteiger partial charge in [-0.2, -0.15) is 0 Å². The maximum atomic E-state index is 15.4. The summed E-state index contributed by atoms with van der Waals surface area (Å²) < 4.78 is 15.4. The normalized spacial score (nSPS) is 18.5. The van der Waals surface area contributed by atoms with Crippen LogP contribution < -0.4 is 15.5 Å². The fourth-order valence-electron chi connectivity index (χ4n) is 6.17. The SMILES string of the molecule is O=C(Nc1nccs1)C(c1cnc[nH]1)N1Cc2c(F)cc(-c3ccc(N4CC5(CCNCC5)C4)cc3)cc2C1=O. The molecule has 1 unspecified atom stereocenters. The van der Waals surface area contributed by atoms with Gasteiger partial charge in [0.05, 0.1) is 24.8 Å². The number of carbonyl (C=O) groups excluding carboxylic acids is 2. The van der Waals surface area contributed by atoms with Crippen LogP contribution in [0.4, 0.5) is 15.2 Å². The Bertz CT molecular complexity index is 1540. The van der Waals surface area contributed by atoms with E-state index in [0.29, 0.717) is 21.8 Å². The minimum Gasteiger partial charge on any atom is -0.370 e. The predicted octanol–water partition coefficient (Wildman–Crippen LogP) is 4.20. The van der Waals surface area contributed by atoms with E-state index in [-0.39, 0.29) is 17.7 Å². The Balaban J connectivity index is 1.12. The number of H-pyrrole nitrogens is 1. The first-order valence-corrected chi connectivity index (χ1v) is 14.3. The smallest absolute Gasteiger partial charge is 0.255 e. The second-order valence-electron chi connectivity index (χ2n) is 10.8. The Labute approximate surface area is 234 Å². The number of piperidine rings is 1. The minimum absolute atomic E-state index is 0.0274. The molecule has 0 bridgehead atoms. The zero-order chi connectivity index (χ0) is 27.3. The van der Waals surface area contributed by atoms with Gasteiger partial charge >= 0.3 is 0 Å². The van der Waals surface area contributed by atoms with Crippen LogP contribution in [0, 0.1) is 11.2 Å². The molecule has 1 atom stereocenters. The number of imidazole rings is 1. The van der Waals surface area contributed by atoms with Crippen LogP contribution in [0.25, 0.3) is 11.1 Å². The van der Waals surface area contributed by atoms with E-state index in [1.54, 1.807) is 17.6 Å². The van der Waals surface area contributed by atoms with Gasteiger partial charge in [0.15, 0.2) is 11.2 Å². The third-order valence-corrected chi connectivity index (χ3v) is 9.02. The number of nitrogens with one attached hydrogen (secondary N) is 3. The first-order valence-electron chi connectivity index (χ1n) is 13.4. The van der Waals surface area contributed by atoms with E-state index in [1.165, 1.54) is 47.7 Å². The summed E-state index contributed by atoms with van der Waals surface area (Å²) in [4.78, 5) is 41.8. The van der Waals surface area contributed by atoms with E-state index < -0.39 is 23.7 Å². The van der Waals surface area contributed by atoms with Crippen LogP contribution in [0.15, 0.2) is 60.5 Å². The van der Waals surface area contributed by atoms with Gasteiger partial charge in [-0.1, -0.05) is 12.1 Å². The summed E-state index contributed by atoms with van der Waals surface area (Å²) in [6.45, 7) is 4.29. The van der Waals surface area contributed by atoms with Crippen molar-refractivity contribution in [3.63, 3.8) is 0 Å². The molecule has 0 saturated carbocycles. The summed E-state index contributed by atoms with van der Waals surface area (Å²) in [5, 5.41) is 8.36. The quantitative estimate of drug-likeness (QED) is 0.328. The lowest BCUT2D eigenvalue weighted by Crippen LogP contribution is -2.60. The van der Waals surface area contributed by atoms with E-state index in [2.05, 4.69) is 42.6 Å². The van der Waals surface area contributed by atoms with Crippen molar-refractivity contribution in [3.8, 4) is 11.1 Å². The van der Waals surface area contributed by atoms with Crippen LogP contribution in [-0.2, 0) is 11.3 Å². The molecule has 3 aliphatic heterocycles. The van der Waals surface area contributed by atoms with Crippen LogP contribution in [-0.4, -0.2) is 57.8 Å². The van der Waals surface area contributed by atoms with E-state index in [4.69, 9.17) is 0 Å². The number of hydrogen-bond donors (Lipinski definition) is 3. The third kappa shape index (κ3) is 4.35. The van der Waals surface area contributed by atoms with Gasteiger partial charge in [0.2, 0.25) is 0 Å². The lowest BCUT2D eigenvalue weighted by atomic mass is 9.72. The molecule has 9 nitrogen and oxygen atoms in total. The summed E-state index contributed by atoms with van der Waals surface area (Å²) in [6, 6.07) is 10.3. The molecule has 0 aliphatic carbocycles. The molecule has 2 amide bonds. The number of hydrogen-bond acceptors (Lipinski definition) is 7. The Hall–Kier alpha value is -4.09. The molecule has 11 heteroatoms. The van der Waals surface area contributed by atoms with Crippen molar-refractivity contribution in [2.75, 3.05) is 36.4 Å². The summed E-state index contributed by atoms with van der Waals surface area (Å²) in [6.07, 6.45) is 6.96. The Morgan fingerprint density at radius 2 is 1.93 bits per heavy atom. The Morgan fingerprint density at radius 1 is 1.12 bits per heavy atom. The lowest BCUT2D eigenvalue weighted by Gasteiger charge is -2.53. The highest BCUT2D eigenvalue weighted by Crippen LogP contribution is 2.42. The molecule has 5 heterocycles. The predicted molar refractivity (Wildman–Crippen MR) is 151 cm³/mol. The molecule has 3 N–H and O–H groups in total. The van der Waals surface area contributed by atoms with E-state index >= 15 is 4.39 Å². The molecule has 7 rings (SSSR count). The van der Waals surface area contributed by atoms with E-state index in [0.717, 1.165) is 37.4 Å². The average molecular weight is 558 g/mol. The number of anilines is 2. The van der Waals surface area contributed by atoms with Crippen molar-refractivity contribution >= 4 is 34.0 Å². The van der Waals surface area contributed by atoms with Gasteiger partial charge in [0.1, 0.15) is 5.82 Å². The lowest BCUT2D eigenvalue weighted by molar-refractivity contribution is -0.121. The summed E-state index contributed by atoms with van der Waals surface area (Å²) in [7, 11) is 0. The largest absolute Gasteiger partial charge is 0.370 e. The molecule has 2 aromatic heterocycles. The molecule has 204 valence electrons. The highest BCUT2D eigenvalue weighted by molar-refractivity contribution is 7.13. The van der Waals surface area contributed by atoms with Crippen molar-refractivity contribution < 1.29 is 14.0 Å². The van der Waals surface area contributed by atoms with Gasteiger partial charge in [0, 0.05) is 46.9 Å². The number of aromatic amines is 1. The molecule has 4 aromatic rings. The highest BCUT2D eigenvalue weighted by atomic mass is 32.1.